The summed E-state index contributed by atoms with van der Waals surface area (Å²) in [6.45, 7) is 7.98. The molecule has 1 atom stereocenters. The lowest BCUT2D eigenvalue weighted by Gasteiger charge is -2.27. The summed E-state index contributed by atoms with van der Waals surface area (Å²) in [6, 6.07) is 9.63. The number of hydrogen-bond donors (Lipinski definition) is 0. The minimum Gasteiger partial charge on any atom is -0.492 e. The van der Waals surface area contributed by atoms with Crippen LogP contribution in [0.5, 0.6) is 5.75 Å². The van der Waals surface area contributed by atoms with Gasteiger partial charge in [0.25, 0.3) is 0 Å². The van der Waals surface area contributed by atoms with E-state index in [9.17, 15) is 4.79 Å². The zero-order chi connectivity index (χ0) is 15.3. The molecule has 1 heterocycles. The standard InChI is InChI=1S/C17H25NO3/c1-17(2,3)21-16(19)15-10-7-11-18(15)12-13-20-14-8-5-4-6-9-14/h4-6,8-9,15H,7,10-13H2,1-3H3/t15-/m0/s1. The van der Waals surface area contributed by atoms with Crippen LogP contribution in [0.1, 0.15) is 33.6 Å². The molecule has 1 aromatic rings. The largest absolute Gasteiger partial charge is 0.492 e. The molecule has 1 fully saturated rings. The molecule has 4 nitrogen and oxygen atoms in total. The van der Waals surface area contributed by atoms with Crippen molar-refractivity contribution in [2.75, 3.05) is 19.7 Å². The van der Waals surface area contributed by atoms with Crippen LogP contribution in [0.25, 0.3) is 0 Å². The Kier molecular flexibility index (Phi) is 5.23. The van der Waals surface area contributed by atoms with Gasteiger partial charge in [-0.25, -0.2) is 0 Å². The van der Waals surface area contributed by atoms with Crippen molar-refractivity contribution in [1.29, 1.82) is 0 Å². The first kappa shape index (κ1) is 15.8. The molecule has 0 aromatic heterocycles. The van der Waals surface area contributed by atoms with Crippen LogP contribution in [0.4, 0.5) is 0 Å². The maximum Gasteiger partial charge on any atom is 0.323 e. The minimum atomic E-state index is -0.425. The van der Waals surface area contributed by atoms with E-state index in [1.165, 1.54) is 0 Å². The van der Waals surface area contributed by atoms with Crippen LogP contribution in [-0.2, 0) is 9.53 Å². The summed E-state index contributed by atoms with van der Waals surface area (Å²) >= 11 is 0. The third-order valence-electron chi connectivity index (χ3n) is 3.43. The van der Waals surface area contributed by atoms with Gasteiger partial charge in [-0.1, -0.05) is 18.2 Å². The van der Waals surface area contributed by atoms with E-state index in [1.807, 2.05) is 51.1 Å². The topological polar surface area (TPSA) is 38.8 Å². The zero-order valence-corrected chi connectivity index (χ0v) is 13.2. The highest BCUT2D eigenvalue weighted by atomic mass is 16.6. The third kappa shape index (κ3) is 5.05. The molecule has 1 aliphatic rings. The summed E-state index contributed by atoms with van der Waals surface area (Å²) in [5.74, 6) is 0.755. The Morgan fingerprint density at radius 3 is 2.67 bits per heavy atom. The molecule has 21 heavy (non-hydrogen) atoms. The van der Waals surface area contributed by atoms with Gasteiger partial charge >= 0.3 is 5.97 Å². The number of hydrogen-bond acceptors (Lipinski definition) is 4. The first-order chi connectivity index (χ1) is 9.96. The van der Waals surface area contributed by atoms with Crippen LogP contribution in [-0.4, -0.2) is 42.2 Å². The summed E-state index contributed by atoms with van der Waals surface area (Å²) in [6.07, 6.45) is 1.91. The van der Waals surface area contributed by atoms with Crippen LogP contribution in [0, 0.1) is 0 Å². The van der Waals surface area contributed by atoms with E-state index in [0.717, 1.165) is 31.7 Å². The second-order valence-corrected chi connectivity index (χ2v) is 6.39. The van der Waals surface area contributed by atoms with Gasteiger partial charge in [-0.15, -0.1) is 0 Å². The number of nitrogens with zero attached hydrogens (tertiary/aromatic N) is 1. The summed E-state index contributed by atoms with van der Waals surface area (Å²) < 4.78 is 11.2. The molecule has 0 saturated carbocycles. The van der Waals surface area contributed by atoms with Crippen LogP contribution in [0.3, 0.4) is 0 Å². The third-order valence-corrected chi connectivity index (χ3v) is 3.43. The summed E-state index contributed by atoms with van der Waals surface area (Å²) in [7, 11) is 0. The summed E-state index contributed by atoms with van der Waals surface area (Å²) in [5.41, 5.74) is -0.425. The van der Waals surface area contributed by atoms with Crippen molar-refractivity contribution in [3.8, 4) is 5.75 Å². The SMILES string of the molecule is CC(C)(C)OC(=O)[C@@H]1CCCN1CCOc1ccccc1. The maximum atomic E-state index is 12.2. The quantitative estimate of drug-likeness (QED) is 0.782. The van der Waals surface area contributed by atoms with E-state index in [1.54, 1.807) is 0 Å². The fraction of sp³-hybridized carbons (Fsp3) is 0.588. The van der Waals surface area contributed by atoms with E-state index in [0.29, 0.717) is 6.61 Å². The highest BCUT2D eigenvalue weighted by Crippen LogP contribution is 2.21. The van der Waals surface area contributed by atoms with Gasteiger partial charge in [0.1, 0.15) is 24.0 Å². The Morgan fingerprint density at radius 2 is 2.00 bits per heavy atom. The van der Waals surface area contributed by atoms with Crippen molar-refractivity contribution < 1.29 is 14.3 Å². The molecule has 1 aliphatic heterocycles. The van der Waals surface area contributed by atoms with Crippen LogP contribution >= 0.6 is 0 Å². The molecule has 0 bridgehead atoms. The maximum absolute atomic E-state index is 12.2. The predicted molar refractivity (Wildman–Crippen MR) is 82.4 cm³/mol. The van der Waals surface area contributed by atoms with Gasteiger partial charge in [0.05, 0.1) is 0 Å². The second-order valence-electron chi connectivity index (χ2n) is 6.39. The van der Waals surface area contributed by atoms with E-state index in [2.05, 4.69) is 4.90 Å². The van der Waals surface area contributed by atoms with Crippen LogP contribution in [0.15, 0.2) is 30.3 Å². The summed E-state index contributed by atoms with van der Waals surface area (Å²) in [5, 5.41) is 0. The zero-order valence-electron chi connectivity index (χ0n) is 13.2. The first-order valence-electron chi connectivity index (χ1n) is 7.60. The Bertz CT molecular complexity index is 453. The Hall–Kier alpha value is -1.55. The number of carbonyl (C=O) groups excluding carboxylic acids is 1. The molecule has 0 N–H and O–H groups in total. The Balaban J connectivity index is 1.80. The average Bonchev–Trinajstić information content (AvgIpc) is 2.86. The monoisotopic (exact) mass is 291 g/mol. The van der Waals surface area contributed by atoms with Gasteiger partial charge in [0.2, 0.25) is 0 Å². The lowest BCUT2D eigenvalue weighted by molar-refractivity contribution is -0.160. The number of rotatable bonds is 5. The van der Waals surface area contributed by atoms with Crippen molar-refractivity contribution in [1.82, 2.24) is 4.90 Å². The lowest BCUT2D eigenvalue weighted by Crippen LogP contribution is -2.42. The Labute approximate surface area is 127 Å². The van der Waals surface area contributed by atoms with Gasteiger partial charge in [0.15, 0.2) is 0 Å². The van der Waals surface area contributed by atoms with Gasteiger partial charge in [-0.3, -0.25) is 9.69 Å². The predicted octanol–water partition coefficient (Wildman–Crippen LogP) is 2.87. The van der Waals surface area contributed by atoms with Crippen molar-refractivity contribution in [2.24, 2.45) is 0 Å². The first-order valence-corrected chi connectivity index (χ1v) is 7.60. The highest BCUT2D eigenvalue weighted by molar-refractivity contribution is 5.76. The molecular formula is C17H25NO3. The normalized spacial score (nSPS) is 19.5. The van der Waals surface area contributed by atoms with Gasteiger partial charge in [-0.05, 0) is 52.3 Å². The number of esters is 1. The van der Waals surface area contributed by atoms with Crippen LogP contribution in [0.2, 0.25) is 0 Å². The van der Waals surface area contributed by atoms with E-state index >= 15 is 0 Å². The second kappa shape index (κ2) is 6.94. The number of carbonyl (C=O) groups is 1. The smallest absolute Gasteiger partial charge is 0.323 e. The molecule has 0 aliphatic carbocycles. The fourth-order valence-electron chi connectivity index (χ4n) is 2.53. The Morgan fingerprint density at radius 1 is 1.29 bits per heavy atom. The lowest BCUT2D eigenvalue weighted by atomic mass is 10.1. The molecule has 4 heteroatoms. The molecule has 0 spiro atoms. The average molecular weight is 291 g/mol. The molecular weight excluding hydrogens is 266 g/mol. The number of likely N-dealkylation sites (tertiary alicyclic amines) is 1. The van der Waals surface area contributed by atoms with Gasteiger partial charge in [0, 0.05) is 6.54 Å². The summed E-state index contributed by atoms with van der Waals surface area (Å²) in [4.78, 5) is 14.4. The van der Waals surface area contributed by atoms with Crippen LogP contribution < -0.4 is 4.74 Å². The fourth-order valence-corrected chi connectivity index (χ4v) is 2.53. The molecule has 1 aromatic carbocycles. The molecule has 0 radical (unpaired) electrons. The highest BCUT2D eigenvalue weighted by Gasteiger charge is 2.33. The van der Waals surface area contributed by atoms with Gasteiger partial charge < -0.3 is 9.47 Å². The van der Waals surface area contributed by atoms with Gasteiger partial charge in [-0.2, -0.15) is 0 Å². The van der Waals surface area contributed by atoms with E-state index in [4.69, 9.17) is 9.47 Å². The van der Waals surface area contributed by atoms with Crippen molar-refractivity contribution in [3.63, 3.8) is 0 Å². The molecule has 1 saturated heterocycles. The van der Waals surface area contributed by atoms with Crippen molar-refractivity contribution in [2.45, 2.75) is 45.3 Å². The molecule has 0 unspecified atom stereocenters. The van der Waals surface area contributed by atoms with Crippen molar-refractivity contribution >= 4 is 5.97 Å². The molecule has 2 rings (SSSR count). The van der Waals surface area contributed by atoms with E-state index < -0.39 is 5.60 Å². The number of benzene rings is 1. The number of para-hydroxylation sites is 1. The minimum absolute atomic E-state index is 0.111. The number of ether oxygens (including phenoxy) is 2. The van der Waals surface area contributed by atoms with Crippen molar-refractivity contribution in [3.05, 3.63) is 30.3 Å². The molecule has 116 valence electrons. The molecule has 0 amide bonds. The van der Waals surface area contributed by atoms with E-state index in [-0.39, 0.29) is 12.0 Å².